The number of nitrogens with one attached hydrogen (secondary N) is 1. The van der Waals surface area contributed by atoms with Crippen LogP contribution in [0.5, 0.6) is 0 Å². The summed E-state index contributed by atoms with van der Waals surface area (Å²) < 4.78 is 17.6. The van der Waals surface area contributed by atoms with Crippen LogP contribution in [-0.2, 0) is 19.9 Å². The monoisotopic (exact) mass is 328 g/mol. The van der Waals surface area contributed by atoms with Gasteiger partial charge in [0.25, 0.3) is 5.91 Å². The molecule has 1 atom stereocenters. The molecule has 3 amide bonds. The van der Waals surface area contributed by atoms with Gasteiger partial charge in [-0.2, -0.15) is 0 Å². The summed E-state index contributed by atoms with van der Waals surface area (Å²) in [5.74, 6) is -1.64. The van der Waals surface area contributed by atoms with E-state index in [-0.39, 0.29) is 23.6 Å². The number of benzene rings is 1. The lowest BCUT2D eigenvalue weighted by Crippen LogP contribution is -2.41. The first-order chi connectivity index (χ1) is 10.3. The molecule has 1 N–H and O–H groups in total. The standard InChI is InChI=1S/C14H14ClFN2O4/c1-14(9-4-3-8(16)7-10(9)15)12(20)18(13(21)17-14)6-5-11(19)22-2/h3-4,7H,5-6H2,1-2H3,(H,17,21). The predicted octanol–water partition coefficient (Wildman–Crippen LogP) is 1.81. The van der Waals surface area contributed by atoms with Crippen LogP contribution in [-0.4, -0.2) is 36.5 Å². The third-order valence-corrected chi connectivity index (χ3v) is 3.82. The molecule has 118 valence electrons. The number of ether oxygens (including phenoxy) is 1. The highest BCUT2D eigenvalue weighted by molar-refractivity contribution is 6.32. The van der Waals surface area contributed by atoms with E-state index in [1.165, 1.54) is 20.1 Å². The van der Waals surface area contributed by atoms with Crippen LogP contribution in [0.2, 0.25) is 5.02 Å². The van der Waals surface area contributed by atoms with Crippen molar-refractivity contribution in [3.05, 3.63) is 34.6 Å². The zero-order valence-electron chi connectivity index (χ0n) is 12.0. The van der Waals surface area contributed by atoms with Crippen molar-refractivity contribution < 1.29 is 23.5 Å². The largest absolute Gasteiger partial charge is 0.469 e. The van der Waals surface area contributed by atoms with Gasteiger partial charge in [0, 0.05) is 17.1 Å². The van der Waals surface area contributed by atoms with Crippen molar-refractivity contribution in [2.75, 3.05) is 13.7 Å². The number of carbonyl (C=O) groups excluding carboxylic acids is 3. The SMILES string of the molecule is COC(=O)CCN1C(=O)NC(C)(c2ccc(F)cc2Cl)C1=O. The number of carbonyl (C=O) groups is 3. The van der Waals surface area contributed by atoms with E-state index in [0.29, 0.717) is 0 Å². The third-order valence-electron chi connectivity index (χ3n) is 3.51. The van der Waals surface area contributed by atoms with Gasteiger partial charge in [-0.3, -0.25) is 14.5 Å². The van der Waals surface area contributed by atoms with Gasteiger partial charge in [0.1, 0.15) is 11.4 Å². The fourth-order valence-corrected chi connectivity index (χ4v) is 2.64. The minimum absolute atomic E-state index is 0.0333. The Hall–Kier alpha value is -2.15. The Morgan fingerprint density at radius 2 is 2.14 bits per heavy atom. The van der Waals surface area contributed by atoms with Gasteiger partial charge in [0.15, 0.2) is 0 Å². The smallest absolute Gasteiger partial charge is 0.325 e. The van der Waals surface area contributed by atoms with E-state index in [1.54, 1.807) is 0 Å². The van der Waals surface area contributed by atoms with Crippen LogP contribution < -0.4 is 5.32 Å². The van der Waals surface area contributed by atoms with E-state index in [1.807, 2.05) is 0 Å². The van der Waals surface area contributed by atoms with Crippen LogP contribution in [0, 0.1) is 5.82 Å². The highest BCUT2D eigenvalue weighted by Gasteiger charge is 2.49. The maximum absolute atomic E-state index is 13.1. The Bertz CT molecular complexity index is 652. The van der Waals surface area contributed by atoms with Crippen LogP contribution in [0.25, 0.3) is 0 Å². The molecule has 1 heterocycles. The molecule has 2 rings (SSSR count). The van der Waals surface area contributed by atoms with Gasteiger partial charge in [-0.15, -0.1) is 0 Å². The summed E-state index contributed by atoms with van der Waals surface area (Å²) in [5, 5.41) is 2.56. The van der Waals surface area contributed by atoms with Crippen molar-refractivity contribution in [1.29, 1.82) is 0 Å². The normalized spacial score (nSPS) is 21.0. The zero-order chi connectivity index (χ0) is 16.5. The fourth-order valence-electron chi connectivity index (χ4n) is 2.28. The number of imide groups is 1. The minimum Gasteiger partial charge on any atom is -0.469 e. The summed E-state index contributed by atoms with van der Waals surface area (Å²) in [6.07, 6.45) is -0.108. The van der Waals surface area contributed by atoms with Gasteiger partial charge in [-0.05, 0) is 19.1 Å². The van der Waals surface area contributed by atoms with Crippen LogP contribution in [0.3, 0.4) is 0 Å². The highest BCUT2D eigenvalue weighted by Crippen LogP contribution is 2.33. The number of hydrogen-bond donors (Lipinski definition) is 1. The van der Waals surface area contributed by atoms with Crippen molar-refractivity contribution in [3.8, 4) is 0 Å². The van der Waals surface area contributed by atoms with Gasteiger partial charge >= 0.3 is 12.0 Å². The van der Waals surface area contributed by atoms with Crippen LogP contribution in [0.4, 0.5) is 9.18 Å². The Balaban J connectivity index is 2.27. The van der Waals surface area contributed by atoms with Crippen LogP contribution >= 0.6 is 11.6 Å². The number of halogens is 2. The van der Waals surface area contributed by atoms with E-state index in [4.69, 9.17) is 11.6 Å². The van der Waals surface area contributed by atoms with E-state index >= 15 is 0 Å². The Labute approximate surface area is 131 Å². The second-order valence-corrected chi connectivity index (χ2v) is 5.37. The lowest BCUT2D eigenvalue weighted by atomic mass is 9.92. The maximum atomic E-state index is 13.1. The van der Waals surface area contributed by atoms with Gasteiger partial charge in [-0.1, -0.05) is 17.7 Å². The molecule has 1 aromatic rings. The highest BCUT2D eigenvalue weighted by atomic mass is 35.5. The number of amides is 3. The van der Waals surface area contributed by atoms with E-state index in [0.717, 1.165) is 17.0 Å². The quantitative estimate of drug-likeness (QED) is 0.675. The number of esters is 1. The molecule has 0 spiro atoms. The molecule has 0 saturated carbocycles. The molecule has 1 fully saturated rings. The molecule has 1 aliphatic heterocycles. The summed E-state index contributed by atoms with van der Waals surface area (Å²) in [5.41, 5.74) is -1.12. The molecule has 8 heteroatoms. The number of nitrogens with zero attached hydrogens (tertiary/aromatic N) is 1. The predicted molar refractivity (Wildman–Crippen MR) is 75.6 cm³/mol. The van der Waals surface area contributed by atoms with Crippen molar-refractivity contribution in [2.24, 2.45) is 0 Å². The van der Waals surface area contributed by atoms with Crippen molar-refractivity contribution in [3.63, 3.8) is 0 Å². The molecular formula is C14H14ClFN2O4. The second kappa shape index (κ2) is 5.92. The Morgan fingerprint density at radius 3 is 2.73 bits per heavy atom. The fraction of sp³-hybridized carbons (Fsp3) is 0.357. The summed E-state index contributed by atoms with van der Waals surface area (Å²) >= 11 is 5.97. The van der Waals surface area contributed by atoms with Crippen molar-refractivity contribution in [1.82, 2.24) is 10.2 Å². The van der Waals surface area contributed by atoms with Crippen molar-refractivity contribution >= 4 is 29.5 Å². The number of hydrogen-bond acceptors (Lipinski definition) is 4. The molecule has 0 aliphatic carbocycles. The zero-order valence-corrected chi connectivity index (χ0v) is 12.7. The molecule has 0 radical (unpaired) electrons. The van der Waals surface area contributed by atoms with Crippen molar-refractivity contribution in [2.45, 2.75) is 18.9 Å². The number of methoxy groups -OCH3 is 1. The molecule has 1 aromatic carbocycles. The first kappa shape index (κ1) is 16.2. The van der Waals surface area contributed by atoms with Gasteiger partial charge in [0.2, 0.25) is 0 Å². The molecular weight excluding hydrogens is 315 g/mol. The molecule has 1 unspecified atom stereocenters. The van der Waals surface area contributed by atoms with E-state index < -0.39 is 29.3 Å². The second-order valence-electron chi connectivity index (χ2n) is 4.96. The third kappa shape index (κ3) is 2.76. The van der Waals surface area contributed by atoms with E-state index in [2.05, 4.69) is 10.1 Å². The molecule has 22 heavy (non-hydrogen) atoms. The average Bonchev–Trinajstić information content (AvgIpc) is 2.67. The summed E-state index contributed by atoms with van der Waals surface area (Å²) in [6, 6.07) is 2.93. The molecule has 0 aromatic heterocycles. The van der Waals surface area contributed by atoms with Gasteiger partial charge in [0.05, 0.1) is 13.5 Å². The molecule has 6 nitrogen and oxygen atoms in total. The van der Waals surface area contributed by atoms with Crippen LogP contribution in [0.1, 0.15) is 18.9 Å². The molecule has 0 bridgehead atoms. The van der Waals surface area contributed by atoms with Gasteiger partial charge in [-0.25, -0.2) is 9.18 Å². The molecule has 1 aliphatic rings. The summed E-state index contributed by atoms with van der Waals surface area (Å²) in [7, 11) is 1.22. The Kier molecular flexibility index (Phi) is 4.37. The topological polar surface area (TPSA) is 75.7 Å². The average molecular weight is 329 g/mol. The number of urea groups is 1. The van der Waals surface area contributed by atoms with E-state index in [9.17, 15) is 18.8 Å². The lowest BCUT2D eigenvalue weighted by molar-refractivity contribution is -0.141. The van der Waals surface area contributed by atoms with Gasteiger partial charge < -0.3 is 10.1 Å². The first-order valence-corrected chi connectivity index (χ1v) is 6.84. The minimum atomic E-state index is -1.40. The first-order valence-electron chi connectivity index (χ1n) is 6.46. The maximum Gasteiger partial charge on any atom is 0.325 e. The lowest BCUT2D eigenvalue weighted by Gasteiger charge is -2.23. The summed E-state index contributed by atoms with van der Waals surface area (Å²) in [4.78, 5) is 36.6. The number of rotatable bonds is 4. The van der Waals surface area contributed by atoms with Crippen LogP contribution in [0.15, 0.2) is 18.2 Å². The Morgan fingerprint density at radius 1 is 1.45 bits per heavy atom. The molecule has 1 saturated heterocycles. The summed E-state index contributed by atoms with van der Waals surface area (Å²) in [6.45, 7) is 1.37.